The van der Waals surface area contributed by atoms with E-state index in [0.29, 0.717) is 29.2 Å². The Kier molecular flexibility index (Phi) is 6.48. The molecule has 0 bridgehead atoms. The molecule has 0 saturated heterocycles. The van der Waals surface area contributed by atoms with Gasteiger partial charge in [-0.2, -0.15) is 0 Å². The number of carbonyl (C=O) groups excluding carboxylic acids is 2. The Labute approximate surface area is 212 Å². The maximum absolute atomic E-state index is 14.0. The van der Waals surface area contributed by atoms with E-state index in [9.17, 15) is 18.8 Å². The molecule has 0 N–H and O–H groups in total. The third-order valence-corrected chi connectivity index (χ3v) is 6.38. The number of nitrogens with zero attached hydrogens (tertiary/aromatic N) is 1. The summed E-state index contributed by atoms with van der Waals surface area (Å²) in [5.41, 5.74) is 1.20. The normalized spacial score (nSPS) is 14.6. The SMILES string of the molecule is CCCCOC(=O)c1ccc(N2C(=O)c3oc4ccc(F)cc4c(=O)c3C2c2ccc(OC)cc2)cc1. The summed E-state index contributed by atoms with van der Waals surface area (Å²) in [6.07, 6.45) is 1.68. The molecule has 0 spiro atoms. The number of ether oxygens (including phenoxy) is 2. The first-order valence-corrected chi connectivity index (χ1v) is 11.9. The number of halogens is 1. The zero-order chi connectivity index (χ0) is 26.1. The van der Waals surface area contributed by atoms with Gasteiger partial charge in [0.1, 0.15) is 17.1 Å². The zero-order valence-electron chi connectivity index (χ0n) is 20.3. The number of fused-ring (bicyclic) bond motifs is 2. The predicted molar refractivity (Wildman–Crippen MR) is 136 cm³/mol. The van der Waals surface area contributed by atoms with Crippen LogP contribution in [-0.2, 0) is 4.74 Å². The van der Waals surface area contributed by atoms with E-state index in [1.807, 2.05) is 6.92 Å². The van der Waals surface area contributed by atoms with E-state index in [2.05, 4.69) is 0 Å². The van der Waals surface area contributed by atoms with Gasteiger partial charge in [-0.05, 0) is 66.6 Å². The smallest absolute Gasteiger partial charge is 0.338 e. The number of hydrogen-bond donors (Lipinski definition) is 0. The van der Waals surface area contributed by atoms with Crippen LogP contribution < -0.4 is 15.1 Å². The lowest BCUT2D eigenvalue weighted by Crippen LogP contribution is -2.29. The van der Waals surface area contributed by atoms with Crippen molar-refractivity contribution < 1.29 is 27.9 Å². The summed E-state index contributed by atoms with van der Waals surface area (Å²) in [6.45, 7) is 2.34. The van der Waals surface area contributed by atoms with Crippen LogP contribution in [-0.4, -0.2) is 25.6 Å². The largest absolute Gasteiger partial charge is 0.497 e. The monoisotopic (exact) mass is 501 g/mol. The number of rotatable bonds is 7. The Balaban J connectivity index is 1.62. The molecular formula is C29H24FNO6. The number of amides is 1. The molecule has 8 heteroatoms. The molecule has 0 saturated carbocycles. The van der Waals surface area contributed by atoms with Crippen molar-refractivity contribution in [3.8, 4) is 5.75 Å². The summed E-state index contributed by atoms with van der Waals surface area (Å²) in [4.78, 5) is 41.0. The van der Waals surface area contributed by atoms with Crippen molar-refractivity contribution in [2.45, 2.75) is 25.8 Å². The minimum atomic E-state index is -0.834. The van der Waals surface area contributed by atoms with Gasteiger partial charge < -0.3 is 13.9 Å². The fraction of sp³-hybridized carbons (Fsp3) is 0.207. The topological polar surface area (TPSA) is 86.0 Å². The fourth-order valence-corrected chi connectivity index (χ4v) is 4.46. The highest BCUT2D eigenvalue weighted by molar-refractivity contribution is 6.10. The van der Waals surface area contributed by atoms with E-state index in [0.717, 1.165) is 18.9 Å². The lowest BCUT2D eigenvalue weighted by atomic mass is 9.98. The molecule has 0 radical (unpaired) electrons. The molecule has 1 unspecified atom stereocenters. The quantitative estimate of drug-likeness (QED) is 0.240. The van der Waals surface area contributed by atoms with Crippen LogP contribution in [0.25, 0.3) is 11.0 Å². The van der Waals surface area contributed by atoms with E-state index in [1.165, 1.54) is 17.0 Å². The van der Waals surface area contributed by atoms with Crippen LogP contribution in [0, 0.1) is 5.82 Å². The highest BCUT2D eigenvalue weighted by Crippen LogP contribution is 2.41. The third kappa shape index (κ3) is 4.35. The molecule has 188 valence electrons. The van der Waals surface area contributed by atoms with Gasteiger partial charge in [0.25, 0.3) is 5.91 Å². The first-order valence-electron chi connectivity index (χ1n) is 11.9. The molecule has 1 amide bonds. The Hall–Kier alpha value is -4.46. The fourth-order valence-electron chi connectivity index (χ4n) is 4.46. The van der Waals surface area contributed by atoms with Gasteiger partial charge in [-0.3, -0.25) is 14.5 Å². The molecule has 0 aliphatic carbocycles. The van der Waals surface area contributed by atoms with Crippen LogP contribution in [0.15, 0.2) is 75.9 Å². The van der Waals surface area contributed by atoms with Crippen molar-refractivity contribution >= 4 is 28.5 Å². The van der Waals surface area contributed by atoms with Crippen LogP contribution in [0.2, 0.25) is 0 Å². The van der Waals surface area contributed by atoms with Crippen molar-refractivity contribution in [1.82, 2.24) is 0 Å². The summed E-state index contributed by atoms with van der Waals surface area (Å²) in [5, 5.41) is 0.0529. The summed E-state index contributed by atoms with van der Waals surface area (Å²) >= 11 is 0. The van der Waals surface area contributed by atoms with Gasteiger partial charge in [0.15, 0.2) is 5.43 Å². The van der Waals surface area contributed by atoms with Crippen molar-refractivity contribution in [3.05, 3.63) is 105 Å². The lowest BCUT2D eigenvalue weighted by molar-refractivity contribution is 0.0499. The van der Waals surface area contributed by atoms with Crippen LogP contribution >= 0.6 is 0 Å². The molecule has 3 aromatic carbocycles. The maximum atomic E-state index is 14.0. The van der Waals surface area contributed by atoms with Crippen LogP contribution in [0.3, 0.4) is 0 Å². The molecule has 1 aromatic heterocycles. The molecule has 1 aliphatic rings. The first kappa shape index (κ1) is 24.2. The first-order chi connectivity index (χ1) is 17.9. The van der Waals surface area contributed by atoms with Crippen LogP contribution in [0.5, 0.6) is 5.75 Å². The van der Waals surface area contributed by atoms with Gasteiger partial charge in [-0.1, -0.05) is 25.5 Å². The molecule has 1 aliphatic heterocycles. The number of unbranched alkanes of at least 4 members (excludes halogenated alkanes) is 1. The second-order valence-corrected chi connectivity index (χ2v) is 8.70. The van der Waals surface area contributed by atoms with Crippen LogP contribution in [0.4, 0.5) is 10.1 Å². The van der Waals surface area contributed by atoms with E-state index < -0.39 is 29.2 Å². The average Bonchev–Trinajstić information content (AvgIpc) is 3.21. The van der Waals surface area contributed by atoms with Gasteiger partial charge in [0, 0.05) is 5.69 Å². The minimum absolute atomic E-state index is 0.0529. The average molecular weight is 502 g/mol. The van der Waals surface area contributed by atoms with E-state index >= 15 is 0 Å². The summed E-state index contributed by atoms with van der Waals surface area (Å²) in [5.74, 6) is -1.04. The summed E-state index contributed by atoms with van der Waals surface area (Å²) in [7, 11) is 1.54. The van der Waals surface area contributed by atoms with Crippen molar-refractivity contribution in [3.63, 3.8) is 0 Å². The second kappa shape index (κ2) is 9.89. The van der Waals surface area contributed by atoms with Crippen molar-refractivity contribution in [2.75, 3.05) is 18.6 Å². The highest BCUT2D eigenvalue weighted by atomic mass is 19.1. The molecule has 2 heterocycles. The molecule has 4 aromatic rings. The summed E-state index contributed by atoms with van der Waals surface area (Å²) in [6, 6.07) is 16.2. The number of carbonyl (C=O) groups is 2. The standard InChI is InChI=1S/C29H24FNO6/c1-3-4-15-36-29(34)18-5-10-20(11-6-18)31-25(17-7-12-21(35-2)13-8-17)24-26(32)22-16-19(30)9-14-23(22)37-27(24)28(31)33/h5-14,16,25H,3-4,15H2,1-2H3. The number of esters is 1. The number of anilines is 1. The number of methoxy groups -OCH3 is 1. The van der Waals surface area contributed by atoms with Gasteiger partial charge in [0.2, 0.25) is 5.76 Å². The second-order valence-electron chi connectivity index (χ2n) is 8.70. The Morgan fingerprint density at radius 2 is 1.76 bits per heavy atom. The predicted octanol–water partition coefficient (Wildman–Crippen LogP) is 5.65. The van der Waals surface area contributed by atoms with E-state index in [-0.39, 0.29) is 22.3 Å². The van der Waals surface area contributed by atoms with Gasteiger partial charge in [-0.15, -0.1) is 0 Å². The molecule has 1 atom stereocenters. The molecule has 7 nitrogen and oxygen atoms in total. The Morgan fingerprint density at radius 3 is 2.43 bits per heavy atom. The van der Waals surface area contributed by atoms with Crippen molar-refractivity contribution in [1.29, 1.82) is 0 Å². The molecule has 5 rings (SSSR count). The lowest BCUT2D eigenvalue weighted by Gasteiger charge is -2.25. The Morgan fingerprint density at radius 1 is 1.03 bits per heavy atom. The minimum Gasteiger partial charge on any atom is -0.497 e. The molecular weight excluding hydrogens is 477 g/mol. The molecule has 37 heavy (non-hydrogen) atoms. The van der Waals surface area contributed by atoms with Gasteiger partial charge >= 0.3 is 5.97 Å². The zero-order valence-corrected chi connectivity index (χ0v) is 20.3. The number of benzene rings is 3. The van der Waals surface area contributed by atoms with E-state index in [4.69, 9.17) is 13.9 Å². The summed E-state index contributed by atoms with van der Waals surface area (Å²) < 4.78 is 30.4. The highest BCUT2D eigenvalue weighted by Gasteiger charge is 2.43. The van der Waals surface area contributed by atoms with E-state index in [1.54, 1.807) is 55.6 Å². The van der Waals surface area contributed by atoms with Crippen LogP contribution in [0.1, 0.15) is 57.8 Å². The maximum Gasteiger partial charge on any atom is 0.338 e. The third-order valence-electron chi connectivity index (χ3n) is 6.38. The Bertz CT molecular complexity index is 1540. The molecule has 0 fully saturated rings. The van der Waals surface area contributed by atoms with Crippen molar-refractivity contribution in [2.24, 2.45) is 0 Å². The van der Waals surface area contributed by atoms with Gasteiger partial charge in [-0.25, -0.2) is 9.18 Å². The number of hydrogen-bond acceptors (Lipinski definition) is 6. The van der Waals surface area contributed by atoms with Gasteiger partial charge in [0.05, 0.1) is 36.3 Å².